The van der Waals surface area contributed by atoms with Gasteiger partial charge < -0.3 is 19.6 Å². The molecular weight excluding hydrogens is 480 g/mol. The van der Waals surface area contributed by atoms with E-state index in [1.807, 2.05) is 32.9 Å². The van der Waals surface area contributed by atoms with E-state index in [0.717, 1.165) is 60.3 Å². The van der Waals surface area contributed by atoms with Crippen molar-refractivity contribution in [2.45, 2.75) is 84.4 Å². The van der Waals surface area contributed by atoms with E-state index >= 15 is 0 Å². The van der Waals surface area contributed by atoms with Crippen LogP contribution < -0.4 is 4.90 Å². The van der Waals surface area contributed by atoms with Gasteiger partial charge in [0.05, 0.1) is 5.69 Å². The summed E-state index contributed by atoms with van der Waals surface area (Å²) in [4.78, 5) is 31.1. The van der Waals surface area contributed by atoms with Gasteiger partial charge in [0.25, 0.3) is 5.91 Å². The van der Waals surface area contributed by atoms with E-state index in [1.54, 1.807) is 6.20 Å². The topological polar surface area (TPSA) is 87.9 Å². The second-order valence-electron chi connectivity index (χ2n) is 12.7. The molecule has 1 aliphatic heterocycles. The fourth-order valence-corrected chi connectivity index (χ4v) is 5.55. The van der Waals surface area contributed by atoms with Crippen molar-refractivity contribution in [2.24, 2.45) is 5.41 Å². The molecule has 38 heavy (non-hydrogen) atoms. The van der Waals surface area contributed by atoms with E-state index in [9.17, 15) is 14.7 Å². The van der Waals surface area contributed by atoms with Gasteiger partial charge in [-0.25, -0.2) is 4.79 Å². The number of anilines is 1. The number of hydrogen-bond acceptors (Lipinski definition) is 6. The first-order chi connectivity index (χ1) is 18.0. The summed E-state index contributed by atoms with van der Waals surface area (Å²) in [7, 11) is 0. The number of rotatable bonds is 6. The zero-order chi connectivity index (χ0) is 27.2. The third-order valence-electron chi connectivity index (χ3n) is 7.51. The van der Waals surface area contributed by atoms with Gasteiger partial charge in [0.2, 0.25) is 0 Å². The minimum Gasteiger partial charge on any atom is -0.442 e. The molecule has 0 saturated heterocycles. The van der Waals surface area contributed by atoms with Crippen LogP contribution in [0.1, 0.15) is 81.1 Å². The van der Waals surface area contributed by atoms with Gasteiger partial charge in [-0.1, -0.05) is 32.1 Å². The van der Waals surface area contributed by atoms with Crippen molar-refractivity contribution >= 4 is 23.8 Å². The summed E-state index contributed by atoms with van der Waals surface area (Å²) < 4.78 is 6.80. The van der Waals surface area contributed by atoms with Gasteiger partial charge in [-0.15, -0.1) is 0 Å². The molecule has 2 heterocycles. The van der Waals surface area contributed by atoms with Crippen LogP contribution in [0.5, 0.6) is 0 Å². The quantitative estimate of drug-likeness (QED) is 0.595. The number of carbonyl (C=O) groups is 2. The summed E-state index contributed by atoms with van der Waals surface area (Å²) >= 11 is 0. The minimum atomic E-state index is -0.589. The maximum atomic E-state index is 14.2. The van der Waals surface area contributed by atoms with Gasteiger partial charge in [-0.2, -0.15) is 9.78 Å². The van der Waals surface area contributed by atoms with E-state index in [4.69, 9.17) is 4.74 Å². The van der Waals surface area contributed by atoms with Crippen molar-refractivity contribution in [3.63, 3.8) is 0 Å². The smallest absolute Gasteiger partial charge is 0.435 e. The molecule has 1 unspecified atom stereocenters. The molecule has 0 radical (unpaired) electrons. The van der Waals surface area contributed by atoms with Gasteiger partial charge in [-0.3, -0.25) is 4.79 Å². The fraction of sp³-hybridized carbons (Fsp3) is 0.567. The molecule has 5 rings (SSSR count). The molecule has 0 spiro atoms. The van der Waals surface area contributed by atoms with Crippen molar-refractivity contribution < 1.29 is 19.4 Å². The molecular formula is C30H40N4O4. The number of aryl methyl sites for hydroxylation is 1. The largest absolute Gasteiger partial charge is 0.442 e. The number of aliphatic hydroxyl groups is 1. The molecule has 204 valence electrons. The lowest BCUT2D eigenvalue weighted by molar-refractivity contribution is 0.0513. The summed E-state index contributed by atoms with van der Waals surface area (Å²) in [5.41, 5.74) is 3.82. The molecule has 1 aromatic carbocycles. The number of fused-ring (bicyclic) bond motifs is 2. The monoisotopic (exact) mass is 520 g/mol. The summed E-state index contributed by atoms with van der Waals surface area (Å²) in [6.07, 6.45) is 9.75. The van der Waals surface area contributed by atoms with E-state index in [2.05, 4.69) is 47.0 Å². The number of hydrogen-bond donors (Lipinski definition) is 1. The van der Waals surface area contributed by atoms with Crippen molar-refractivity contribution in [3.8, 4) is 0 Å². The Morgan fingerprint density at radius 3 is 2.58 bits per heavy atom. The van der Waals surface area contributed by atoms with Crippen LogP contribution in [0.3, 0.4) is 0 Å². The van der Waals surface area contributed by atoms with E-state index in [-0.39, 0.29) is 30.0 Å². The van der Waals surface area contributed by atoms with Crippen LogP contribution >= 0.6 is 0 Å². The highest BCUT2D eigenvalue weighted by Gasteiger charge is 2.40. The van der Waals surface area contributed by atoms with Crippen LogP contribution in [-0.4, -0.2) is 69.2 Å². The van der Waals surface area contributed by atoms with E-state index in [1.165, 1.54) is 4.68 Å². The van der Waals surface area contributed by atoms with Crippen molar-refractivity contribution in [2.75, 3.05) is 24.6 Å². The lowest BCUT2D eigenvalue weighted by Gasteiger charge is -2.37. The molecule has 1 saturated carbocycles. The Bertz CT molecular complexity index is 1250. The third-order valence-corrected chi connectivity index (χ3v) is 7.51. The lowest BCUT2D eigenvalue weighted by atomic mass is 9.90. The Morgan fingerprint density at radius 1 is 1.13 bits per heavy atom. The molecule has 8 nitrogen and oxygen atoms in total. The molecule has 1 amide bonds. The Labute approximate surface area is 225 Å². The highest BCUT2D eigenvalue weighted by atomic mass is 16.6. The molecule has 2 aromatic rings. The molecule has 0 bridgehead atoms. The molecule has 1 aromatic heterocycles. The van der Waals surface area contributed by atoms with Crippen molar-refractivity contribution in [3.05, 3.63) is 52.9 Å². The highest BCUT2D eigenvalue weighted by molar-refractivity contribution is 6.01. The van der Waals surface area contributed by atoms with Gasteiger partial charge >= 0.3 is 6.09 Å². The van der Waals surface area contributed by atoms with Crippen molar-refractivity contribution in [1.29, 1.82) is 0 Å². The minimum absolute atomic E-state index is 0.0617. The highest BCUT2D eigenvalue weighted by Crippen LogP contribution is 2.37. The average Bonchev–Trinajstić information content (AvgIpc) is 3.59. The first kappa shape index (κ1) is 26.5. The van der Waals surface area contributed by atoms with Crippen LogP contribution in [0.4, 0.5) is 10.5 Å². The van der Waals surface area contributed by atoms with Crippen LogP contribution in [0, 0.1) is 5.41 Å². The van der Waals surface area contributed by atoms with Crippen molar-refractivity contribution in [1.82, 2.24) is 14.7 Å². The van der Waals surface area contributed by atoms with Gasteiger partial charge in [-0.05, 0) is 70.6 Å². The SMILES string of the molecule is CC(C)(CO)CN1CC=Cc2c(C(=O)N(C3CC3)C3CCc4nn(C(=O)OC(C)(C)C)cc4C3)cccc21. The molecule has 1 fully saturated rings. The average molecular weight is 521 g/mol. The van der Waals surface area contributed by atoms with Crippen LogP contribution in [0.15, 0.2) is 30.5 Å². The number of nitrogens with zero attached hydrogens (tertiary/aromatic N) is 4. The van der Waals surface area contributed by atoms with E-state index in [0.29, 0.717) is 13.0 Å². The molecule has 1 atom stereocenters. The first-order valence-electron chi connectivity index (χ1n) is 13.7. The number of amides is 1. The molecule has 3 aliphatic rings. The normalized spacial score (nSPS) is 19.1. The third kappa shape index (κ3) is 5.51. The zero-order valence-electron chi connectivity index (χ0n) is 23.2. The number of carbonyl (C=O) groups excluding carboxylic acids is 2. The second kappa shape index (κ2) is 9.88. The predicted molar refractivity (Wildman–Crippen MR) is 147 cm³/mol. The van der Waals surface area contributed by atoms with Crippen LogP contribution in [0.2, 0.25) is 0 Å². The Morgan fingerprint density at radius 2 is 1.89 bits per heavy atom. The molecule has 1 N–H and O–H groups in total. The lowest BCUT2D eigenvalue weighted by Crippen LogP contribution is -2.45. The number of ether oxygens (including phenoxy) is 1. The fourth-order valence-electron chi connectivity index (χ4n) is 5.55. The van der Waals surface area contributed by atoms with Crippen LogP contribution in [-0.2, 0) is 17.6 Å². The molecule has 8 heteroatoms. The number of aromatic nitrogens is 2. The van der Waals surface area contributed by atoms with Gasteiger partial charge in [0.15, 0.2) is 0 Å². The maximum Gasteiger partial charge on any atom is 0.435 e. The maximum absolute atomic E-state index is 14.2. The summed E-state index contributed by atoms with van der Waals surface area (Å²) in [6.45, 7) is 11.2. The van der Waals surface area contributed by atoms with Crippen LogP contribution in [0.25, 0.3) is 6.08 Å². The van der Waals surface area contributed by atoms with Gasteiger partial charge in [0.1, 0.15) is 5.60 Å². The second-order valence-corrected chi connectivity index (χ2v) is 12.7. The Hall–Kier alpha value is -3.13. The summed E-state index contributed by atoms with van der Waals surface area (Å²) in [5.74, 6) is 0.0743. The predicted octanol–water partition coefficient (Wildman–Crippen LogP) is 4.68. The first-order valence-corrected chi connectivity index (χ1v) is 13.7. The number of aliphatic hydroxyl groups excluding tert-OH is 1. The Kier molecular flexibility index (Phi) is 6.88. The molecule has 2 aliphatic carbocycles. The zero-order valence-corrected chi connectivity index (χ0v) is 23.2. The van der Waals surface area contributed by atoms with E-state index < -0.39 is 11.7 Å². The van der Waals surface area contributed by atoms with Gasteiger partial charge in [0, 0.05) is 60.2 Å². The summed E-state index contributed by atoms with van der Waals surface area (Å²) in [6, 6.07) is 6.30. The number of benzene rings is 1. The Balaban J connectivity index is 1.39. The standard InChI is InChI=1S/C30H40N4O4/c1-29(2,3)38-28(37)33-17-20-16-22(13-14-25(20)31-33)34(21-11-12-21)27(36)24-8-6-10-26-23(24)9-7-15-32(26)18-30(4,5)19-35/h6-10,17,21-22,35H,11-16,18-19H2,1-5H3. The summed E-state index contributed by atoms with van der Waals surface area (Å²) in [5, 5.41) is 14.3.